The number of methoxy groups -OCH3 is 1. The summed E-state index contributed by atoms with van der Waals surface area (Å²) in [7, 11) is -2.59. The van der Waals surface area contributed by atoms with Gasteiger partial charge in [0.2, 0.25) is 34.8 Å². The first kappa shape index (κ1) is 29.2. The van der Waals surface area contributed by atoms with E-state index in [-0.39, 0.29) is 16.8 Å². The van der Waals surface area contributed by atoms with Crippen LogP contribution in [0.15, 0.2) is 54.6 Å². The van der Waals surface area contributed by atoms with Gasteiger partial charge in [-0.2, -0.15) is 8.78 Å². The van der Waals surface area contributed by atoms with Crippen molar-refractivity contribution >= 4 is 40.9 Å². The van der Waals surface area contributed by atoms with Crippen LogP contribution in [0.3, 0.4) is 0 Å². The van der Waals surface area contributed by atoms with Crippen molar-refractivity contribution in [1.82, 2.24) is 5.09 Å². The summed E-state index contributed by atoms with van der Waals surface area (Å²) in [6, 6.07) is 13.3. The Morgan fingerprint density at radius 3 is 2.17 bits per heavy atom. The van der Waals surface area contributed by atoms with E-state index in [0.717, 1.165) is 11.3 Å². The molecule has 0 aliphatic rings. The largest absolute Gasteiger partial charge is 0.468 e. The number of carbonyl (C=O) groups is 2. The van der Waals surface area contributed by atoms with Crippen molar-refractivity contribution in [1.29, 1.82) is 0 Å². The monoisotopic (exact) mass is 599 g/mol. The van der Waals surface area contributed by atoms with Crippen molar-refractivity contribution in [2.45, 2.75) is 19.1 Å². The maximum atomic E-state index is 13.9. The Balaban J connectivity index is 1.60. The number of rotatable bonds is 9. The summed E-state index contributed by atoms with van der Waals surface area (Å²) in [6.07, 6.45) is -0.195. The molecule has 2 unspecified atom stereocenters. The van der Waals surface area contributed by atoms with Crippen molar-refractivity contribution in [2.75, 3.05) is 7.11 Å². The first-order chi connectivity index (χ1) is 18.9. The molecule has 7 nitrogen and oxygen atoms in total. The van der Waals surface area contributed by atoms with Gasteiger partial charge in [0.05, 0.1) is 13.3 Å². The molecule has 0 fully saturated rings. The van der Waals surface area contributed by atoms with Crippen LogP contribution >= 0.6 is 18.9 Å². The van der Waals surface area contributed by atoms with E-state index >= 15 is 0 Å². The molecule has 3 aromatic carbocycles. The van der Waals surface area contributed by atoms with Crippen molar-refractivity contribution in [2.24, 2.45) is 0 Å². The average molecular weight is 599 g/mol. The third-order valence-corrected chi connectivity index (χ3v) is 8.64. The fraction of sp³-hybridized carbons (Fsp3) is 0.154. The van der Waals surface area contributed by atoms with Crippen molar-refractivity contribution in [3.8, 4) is 11.5 Å². The summed E-state index contributed by atoms with van der Waals surface area (Å²) < 4.78 is 97.4. The lowest BCUT2D eigenvalue weighted by atomic mass is 10.2. The molecule has 210 valence electrons. The zero-order chi connectivity index (χ0) is 29.2. The lowest BCUT2D eigenvalue weighted by molar-refractivity contribution is -0.142. The molecule has 0 radical (unpaired) electrons. The minimum Gasteiger partial charge on any atom is -0.468 e. The Bertz CT molecular complexity index is 1620. The smallest absolute Gasteiger partial charge is 0.353 e. The van der Waals surface area contributed by atoms with Crippen molar-refractivity contribution < 1.29 is 50.1 Å². The first-order valence-corrected chi connectivity index (χ1v) is 14.0. The summed E-state index contributed by atoms with van der Waals surface area (Å²) in [5.41, 5.74) is 0.466. The van der Waals surface area contributed by atoms with Gasteiger partial charge >= 0.3 is 19.5 Å². The van der Waals surface area contributed by atoms with Crippen LogP contribution in [-0.4, -0.2) is 25.1 Å². The minimum absolute atomic E-state index is 0.195. The molecule has 0 spiro atoms. The molecule has 1 heterocycles. The standard InChI is InChI=1S/C26H19F5NO6PS/c1-13(25(33)36-2)32-39(35,38-16-6-4-3-5-7-16)12-14-8-9-17-15(10-14)11-18(40-17)26(34)37-24-22(30)20(28)19(27)21(29)23(24)31/h3-11,13H,12H2,1-2H3,(H,32,35). The van der Waals surface area contributed by atoms with E-state index in [0.29, 0.717) is 15.6 Å². The predicted molar refractivity (Wildman–Crippen MR) is 136 cm³/mol. The lowest BCUT2D eigenvalue weighted by Gasteiger charge is -2.23. The van der Waals surface area contributed by atoms with Crippen LogP contribution in [0.1, 0.15) is 22.2 Å². The number of halogens is 5. The number of benzene rings is 3. The Morgan fingerprint density at radius 1 is 0.925 bits per heavy atom. The molecule has 0 saturated carbocycles. The zero-order valence-corrected chi connectivity index (χ0v) is 22.4. The Hall–Kier alpha value is -3.80. The molecule has 0 saturated heterocycles. The average Bonchev–Trinajstić information content (AvgIpc) is 3.36. The summed E-state index contributed by atoms with van der Waals surface area (Å²) in [5, 5.41) is 3.12. The van der Waals surface area contributed by atoms with Gasteiger partial charge in [-0.3, -0.25) is 9.36 Å². The van der Waals surface area contributed by atoms with Gasteiger partial charge in [0.25, 0.3) is 0 Å². The summed E-state index contributed by atoms with van der Waals surface area (Å²) in [6.45, 7) is 1.46. The Labute approximate surface area is 228 Å². The fourth-order valence-electron chi connectivity index (χ4n) is 3.63. The van der Waals surface area contributed by atoms with Crippen molar-refractivity contribution in [3.63, 3.8) is 0 Å². The minimum atomic E-state index is -3.77. The quantitative estimate of drug-likeness (QED) is 0.0569. The second kappa shape index (κ2) is 11.7. The number of thiophene rings is 1. The third-order valence-electron chi connectivity index (χ3n) is 5.48. The van der Waals surface area contributed by atoms with Crippen molar-refractivity contribution in [3.05, 3.63) is 94.1 Å². The van der Waals surface area contributed by atoms with Gasteiger partial charge in [0.15, 0.2) is 0 Å². The predicted octanol–water partition coefficient (Wildman–Crippen LogP) is 6.74. The van der Waals surface area contributed by atoms with Crippen LogP contribution in [0.4, 0.5) is 22.0 Å². The van der Waals surface area contributed by atoms with Gasteiger partial charge in [-0.25, -0.2) is 23.1 Å². The number of hydrogen-bond donors (Lipinski definition) is 1. The lowest BCUT2D eigenvalue weighted by Crippen LogP contribution is -2.34. The molecule has 0 bridgehead atoms. The number of carbonyl (C=O) groups excluding carboxylic acids is 2. The number of esters is 2. The van der Waals surface area contributed by atoms with Gasteiger partial charge < -0.3 is 14.0 Å². The highest BCUT2D eigenvalue weighted by Gasteiger charge is 2.32. The first-order valence-electron chi connectivity index (χ1n) is 11.4. The van der Waals surface area contributed by atoms with Crippen LogP contribution < -0.4 is 14.3 Å². The molecule has 1 aromatic heterocycles. The number of hydrogen-bond acceptors (Lipinski definition) is 7. The maximum Gasteiger partial charge on any atom is 0.353 e. The van der Waals surface area contributed by atoms with E-state index in [1.165, 1.54) is 20.1 Å². The van der Waals surface area contributed by atoms with Crippen LogP contribution in [0.5, 0.6) is 11.5 Å². The van der Waals surface area contributed by atoms with Gasteiger partial charge in [-0.1, -0.05) is 24.3 Å². The van der Waals surface area contributed by atoms with Gasteiger partial charge in [0, 0.05) is 4.70 Å². The van der Waals surface area contributed by atoms with E-state index in [1.54, 1.807) is 48.5 Å². The highest BCUT2D eigenvalue weighted by molar-refractivity contribution is 7.56. The molecular weight excluding hydrogens is 580 g/mol. The molecule has 14 heteroatoms. The number of fused-ring (bicyclic) bond motifs is 1. The molecular formula is C26H19F5NO6PS. The molecule has 4 aromatic rings. The van der Waals surface area contributed by atoms with Crippen LogP contribution in [-0.2, 0) is 20.3 Å². The van der Waals surface area contributed by atoms with Crippen LogP contribution in [0.25, 0.3) is 10.1 Å². The second-order valence-electron chi connectivity index (χ2n) is 8.38. The van der Waals surface area contributed by atoms with E-state index < -0.39 is 60.3 Å². The highest BCUT2D eigenvalue weighted by Crippen LogP contribution is 2.47. The molecule has 2 atom stereocenters. The van der Waals surface area contributed by atoms with E-state index in [4.69, 9.17) is 4.52 Å². The van der Waals surface area contributed by atoms with Gasteiger partial charge in [0.1, 0.15) is 16.7 Å². The number of para-hydroxylation sites is 1. The summed E-state index contributed by atoms with van der Waals surface area (Å²) in [5.74, 6) is -14.9. The summed E-state index contributed by atoms with van der Waals surface area (Å²) >= 11 is 0.837. The Morgan fingerprint density at radius 2 is 1.55 bits per heavy atom. The Kier molecular flexibility index (Phi) is 8.57. The third kappa shape index (κ3) is 6.16. The highest BCUT2D eigenvalue weighted by atomic mass is 32.1. The molecule has 4 rings (SSSR count). The molecule has 40 heavy (non-hydrogen) atoms. The fourth-order valence-corrected chi connectivity index (χ4v) is 6.59. The molecule has 1 N–H and O–H groups in total. The number of ether oxygens (including phenoxy) is 2. The molecule has 0 aliphatic carbocycles. The topological polar surface area (TPSA) is 90.9 Å². The summed E-state index contributed by atoms with van der Waals surface area (Å²) in [4.78, 5) is 24.3. The van der Waals surface area contributed by atoms with E-state index in [9.17, 15) is 36.1 Å². The zero-order valence-electron chi connectivity index (χ0n) is 20.7. The SMILES string of the molecule is COC(=O)C(C)NP(=O)(Cc1ccc2sc(C(=O)Oc3c(F)c(F)c(F)c(F)c3F)cc2c1)Oc1ccccc1. The molecule has 0 amide bonds. The van der Waals surface area contributed by atoms with E-state index in [2.05, 4.69) is 14.6 Å². The van der Waals surface area contributed by atoms with Gasteiger partial charge in [-0.05, 0) is 48.2 Å². The maximum absolute atomic E-state index is 13.9. The normalized spacial score (nSPS) is 13.5. The second-order valence-corrected chi connectivity index (χ2v) is 11.6. The number of nitrogens with one attached hydrogen (secondary N) is 1. The van der Waals surface area contributed by atoms with Crippen LogP contribution in [0.2, 0.25) is 0 Å². The molecule has 0 aliphatic heterocycles. The van der Waals surface area contributed by atoms with E-state index in [1.807, 2.05) is 0 Å². The van der Waals surface area contributed by atoms with Crippen LogP contribution in [0, 0.1) is 29.1 Å². The van der Waals surface area contributed by atoms with Gasteiger partial charge in [-0.15, -0.1) is 11.3 Å².